The molecule has 1 aliphatic rings. The highest BCUT2D eigenvalue weighted by Crippen LogP contribution is 2.32. The molecule has 7 rings (SSSR count). The maximum Gasteiger partial charge on any atom is 0.159 e. The van der Waals surface area contributed by atoms with Crippen molar-refractivity contribution in [1.29, 1.82) is 0 Å². The van der Waals surface area contributed by atoms with Gasteiger partial charge in [-0.05, 0) is 18.2 Å². The number of nitrogens with two attached hydrogens (primary N) is 1. The van der Waals surface area contributed by atoms with Gasteiger partial charge in [0.05, 0.1) is 40.8 Å². The molecule has 5 aromatic heterocycles. The average molecular weight is 461 g/mol. The fraction of sp³-hybridized carbons (Fsp3) is 0.120. The molecule has 0 radical (unpaired) electrons. The highest BCUT2D eigenvalue weighted by atomic mass is 15.3. The first-order valence-electron chi connectivity index (χ1n) is 11.3. The van der Waals surface area contributed by atoms with E-state index in [1.165, 1.54) is 0 Å². The Bertz CT molecular complexity index is 1680. The molecule has 1 aliphatic heterocycles. The number of nitrogens with zero attached hydrogens (tertiary/aromatic N) is 7. The first-order valence-corrected chi connectivity index (χ1v) is 11.3. The fourth-order valence-corrected chi connectivity index (χ4v) is 4.47. The lowest BCUT2D eigenvalue weighted by atomic mass is 10.1. The van der Waals surface area contributed by atoms with Crippen molar-refractivity contribution in [3.63, 3.8) is 0 Å². The highest BCUT2D eigenvalue weighted by Gasteiger charge is 2.25. The molecular weight excluding hydrogens is 440 g/mol. The molecule has 6 aromatic rings. The molecule has 0 saturated carbocycles. The van der Waals surface area contributed by atoms with Crippen molar-refractivity contribution in [2.45, 2.75) is 6.04 Å². The van der Waals surface area contributed by atoms with Crippen LogP contribution in [0, 0.1) is 0 Å². The van der Waals surface area contributed by atoms with E-state index in [1.54, 1.807) is 24.8 Å². The minimum Gasteiger partial charge on any atom is -0.352 e. The van der Waals surface area contributed by atoms with Gasteiger partial charge < -0.3 is 15.6 Å². The Labute approximate surface area is 199 Å². The molecule has 4 N–H and O–H groups in total. The number of anilines is 1. The largest absolute Gasteiger partial charge is 0.352 e. The van der Waals surface area contributed by atoms with Crippen molar-refractivity contribution >= 4 is 27.8 Å². The summed E-state index contributed by atoms with van der Waals surface area (Å²) in [6.07, 6.45) is 8.84. The van der Waals surface area contributed by atoms with Crippen LogP contribution in [-0.2, 0) is 0 Å². The standard InChI is InChI=1S/C25H20N10/c26-15-12-35(13-15)22-11-28-9-21(30-22)19-7-17-20(10-29-19)33-34-24(17)25-31-18-5-1-4-16(23(18)32-25)14-3-2-6-27-8-14/h1-11,15H,12-13,26H2,(H,31,32)(H,33,34). The minimum atomic E-state index is 0.186. The number of imidazole rings is 1. The van der Waals surface area contributed by atoms with Crippen LogP contribution in [0.5, 0.6) is 0 Å². The number of nitrogens with one attached hydrogen (secondary N) is 2. The number of pyridine rings is 2. The van der Waals surface area contributed by atoms with Gasteiger partial charge in [0.25, 0.3) is 0 Å². The summed E-state index contributed by atoms with van der Waals surface area (Å²) in [5, 5.41) is 8.51. The van der Waals surface area contributed by atoms with Gasteiger partial charge in [-0.1, -0.05) is 18.2 Å². The Morgan fingerprint density at radius 1 is 0.914 bits per heavy atom. The molecule has 0 aliphatic carbocycles. The molecule has 1 fully saturated rings. The van der Waals surface area contributed by atoms with Gasteiger partial charge in [0.2, 0.25) is 0 Å². The minimum absolute atomic E-state index is 0.186. The van der Waals surface area contributed by atoms with Crippen LogP contribution in [-0.4, -0.2) is 59.2 Å². The first kappa shape index (κ1) is 19.7. The summed E-state index contributed by atoms with van der Waals surface area (Å²) >= 11 is 0. The van der Waals surface area contributed by atoms with E-state index in [0.29, 0.717) is 17.2 Å². The predicted octanol–water partition coefficient (Wildman–Crippen LogP) is 3.17. The predicted molar refractivity (Wildman–Crippen MR) is 133 cm³/mol. The van der Waals surface area contributed by atoms with Gasteiger partial charge in [0, 0.05) is 48.0 Å². The third kappa shape index (κ3) is 3.30. The quantitative estimate of drug-likeness (QED) is 0.365. The van der Waals surface area contributed by atoms with Crippen LogP contribution in [0.2, 0.25) is 0 Å². The lowest BCUT2D eigenvalue weighted by Gasteiger charge is -2.37. The van der Waals surface area contributed by atoms with E-state index in [2.05, 4.69) is 35.0 Å². The van der Waals surface area contributed by atoms with Gasteiger partial charge in [-0.25, -0.2) is 9.97 Å². The molecule has 10 nitrogen and oxygen atoms in total. The number of aromatic amines is 2. The summed E-state index contributed by atoms with van der Waals surface area (Å²) in [7, 11) is 0. The lowest BCUT2D eigenvalue weighted by molar-refractivity contribution is 0.514. The lowest BCUT2D eigenvalue weighted by Crippen LogP contribution is -2.56. The number of hydrogen-bond acceptors (Lipinski definition) is 8. The molecular formula is C25H20N10. The summed E-state index contributed by atoms with van der Waals surface area (Å²) < 4.78 is 0. The Morgan fingerprint density at radius 3 is 2.71 bits per heavy atom. The molecule has 170 valence electrons. The number of H-pyrrole nitrogens is 2. The van der Waals surface area contributed by atoms with Gasteiger partial charge >= 0.3 is 0 Å². The molecule has 1 saturated heterocycles. The summed E-state index contributed by atoms with van der Waals surface area (Å²) in [4.78, 5) is 28.4. The second-order valence-electron chi connectivity index (χ2n) is 8.64. The number of benzene rings is 1. The number of hydrogen-bond donors (Lipinski definition) is 3. The Kier molecular flexibility index (Phi) is 4.33. The molecule has 0 spiro atoms. The van der Waals surface area contributed by atoms with E-state index in [0.717, 1.165) is 57.7 Å². The highest BCUT2D eigenvalue weighted by molar-refractivity contribution is 5.97. The zero-order valence-corrected chi connectivity index (χ0v) is 18.6. The second-order valence-corrected chi connectivity index (χ2v) is 8.64. The molecule has 1 aromatic carbocycles. The molecule has 35 heavy (non-hydrogen) atoms. The van der Waals surface area contributed by atoms with Crippen molar-refractivity contribution < 1.29 is 0 Å². The van der Waals surface area contributed by atoms with E-state index in [9.17, 15) is 0 Å². The van der Waals surface area contributed by atoms with E-state index in [-0.39, 0.29) is 6.04 Å². The molecule has 10 heteroatoms. The normalized spacial score (nSPS) is 14.0. The summed E-state index contributed by atoms with van der Waals surface area (Å²) in [6, 6.07) is 12.2. The average Bonchev–Trinajstić information content (AvgIpc) is 3.51. The van der Waals surface area contributed by atoms with E-state index in [1.807, 2.05) is 42.6 Å². The van der Waals surface area contributed by atoms with Gasteiger partial charge in [0.15, 0.2) is 5.82 Å². The molecule has 0 bridgehead atoms. The maximum atomic E-state index is 5.92. The van der Waals surface area contributed by atoms with E-state index >= 15 is 0 Å². The molecule has 0 atom stereocenters. The third-order valence-electron chi connectivity index (χ3n) is 6.27. The number of fused-ring (bicyclic) bond motifs is 2. The first-order chi connectivity index (χ1) is 17.2. The van der Waals surface area contributed by atoms with Crippen LogP contribution in [0.25, 0.3) is 56.0 Å². The van der Waals surface area contributed by atoms with Crippen LogP contribution in [0.15, 0.2) is 67.4 Å². The van der Waals surface area contributed by atoms with Crippen LogP contribution >= 0.6 is 0 Å². The van der Waals surface area contributed by atoms with Crippen molar-refractivity contribution in [3.8, 4) is 34.0 Å². The number of aromatic nitrogens is 8. The van der Waals surface area contributed by atoms with Gasteiger partial charge in [-0.3, -0.25) is 20.1 Å². The van der Waals surface area contributed by atoms with Crippen molar-refractivity contribution in [2.24, 2.45) is 5.73 Å². The summed E-state index contributed by atoms with van der Waals surface area (Å²) in [5.74, 6) is 1.48. The number of rotatable bonds is 4. The Morgan fingerprint density at radius 2 is 1.86 bits per heavy atom. The smallest absolute Gasteiger partial charge is 0.159 e. The van der Waals surface area contributed by atoms with Crippen molar-refractivity contribution in [1.82, 2.24) is 40.1 Å². The molecule has 6 heterocycles. The number of para-hydroxylation sites is 1. The molecule has 0 amide bonds. The SMILES string of the molecule is NC1CN(c2cncc(-c3cc4c(-c5nc6c(-c7cccnc7)cccc6[nH]5)n[nH]c4cn3)n2)C1. The van der Waals surface area contributed by atoms with Crippen molar-refractivity contribution in [2.75, 3.05) is 18.0 Å². The zero-order valence-electron chi connectivity index (χ0n) is 18.6. The van der Waals surface area contributed by atoms with Gasteiger partial charge in [-0.15, -0.1) is 0 Å². The van der Waals surface area contributed by atoms with E-state index < -0.39 is 0 Å². The van der Waals surface area contributed by atoms with Gasteiger partial charge in [0.1, 0.15) is 17.2 Å². The maximum absolute atomic E-state index is 5.92. The Hall–Kier alpha value is -4.70. The molecule has 0 unspecified atom stereocenters. The van der Waals surface area contributed by atoms with E-state index in [4.69, 9.17) is 15.7 Å². The van der Waals surface area contributed by atoms with Crippen LogP contribution in [0.3, 0.4) is 0 Å². The second kappa shape index (κ2) is 7.67. The summed E-state index contributed by atoms with van der Waals surface area (Å²) in [5.41, 5.74) is 12.7. The van der Waals surface area contributed by atoms with Crippen molar-refractivity contribution in [3.05, 3.63) is 67.4 Å². The summed E-state index contributed by atoms with van der Waals surface area (Å²) in [6.45, 7) is 1.56. The van der Waals surface area contributed by atoms with Crippen LogP contribution in [0.1, 0.15) is 0 Å². The van der Waals surface area contributed by atoms with Crippen LogP contribution < -0.4 is 10.6 Å². The zero-order chi connectivity index (χ0) is 23.4. The fourth-order valence-electron chi connectivity index (χ4n) is 4.47. The monoisotopic (exact) mass is 460 g/mol. The Balaban J connectivity index is 1.31. The van der Waals surface area contributed by atoms with Gasteiger partial charge in [-0.2, -0.15) is 5.10 Å². The topological polar surface area (TPSA) is 138 Å². The third-order valence-corrected chi connectivity index (χ3v) is 6.27. The van der Waals surface area contributed by atoms with Crippen LogP contribution in [0.4, 0.5) is 5.82 Å².